The monoisotopic (exact) mass is 508 g/mol. The Bertz CT molecular complexity index is 821. The second-order valence-electron chi connectivity index (χ2n) is 6.04. The molecule has 1 amide bonds. The zero-order chi connectivity index (χ0) is 19.4. The van der Waals surface area contributed by atoms with Crippen molar-refractivity contribution in [1.29, 1.82) is 0 Å². The number of nitrogens with zero attached hydrogens (tertiary/aromatic N) is 7. The van der Waals surface area contributed by atoms with Gasteiger partial charge < -0.3 is 15.1 Å². The normalized spacial score (nSPS) is 15.2. The lowest BCUT2D eigenvalue weighted by atomic mass is 10.3. The largest absolute Gasteiger partial charge is 0.356 e. The van der Waals surface area contributed by atoms with Crippen molar-refractivity contribution in [1.82, 2.24) is 29.5 Å². The molecule has 28 heavy (non-hydrogen) atoms. The van der Waals surface area contributed by atoms with Gasteiger partial charge in [0.05, 0.1) is 11.9 Å². The number of imidazole rings is 1. The molecule has 2 aromatic heterocycles. The summed E-state index contributed by atoms with van der Waals surface area (Å²) in [7, 11) is 1.80. The molecule has 154 valence electrons. The van der Waals surface area contributed by atoms with E-state index in [2.05, 4.69) is 20.4 Å². The summed E-state index contributed by atoms with van der Waals surface area (Å²) in [6.45, 7) is 1.03. The zero-order valence-corrected chi connectivity index (χ0v) is 18.0. The molecular formula is C16H23F2IN8O. The molecule has 9 nitrogen and oxygen atoms in total. The number of guanidine groups is 1. The highest BCUT2D eigenvalue weighted by Gasteiger charge is 2.27. The van der Waals surface area contributed by atoms with Crippen molar-refractivity contribution in [3.05, 3.63) is 30.6 Å². The molecule has 1 N–H and O–H groups in total. The summed E-state index contributed by atoms with van der Waals surface area (Å²) in [6.07, 6.45) is 5.98. The molecule has 12 heteroatoms. The Balaban J connectivity index is 0.00000280. The smallest absolute Gasteiger partial charge is 0.319 e. The van der Waals surface area contributed by atoms with E-state index in [9.17, 15) is 13.6 Å². The molecule has 1 fully saturated rings. The molecule has 0 aliphatic carbocycles. The van der Waals surface area contributed by atoms with Crippen LogP contribution in [0, 0.1) is 0 Å². The van der Waals surface area contributed by atoms with Gasteiger partial charge in [0.1, 0.15) is 18.9 Å². The van der Waals surface area contributed by atoms with Gasteiger partial charge in [0, 0.05) is 45.3 Å². The van der Waals surface area contributed by atoms with Crippen molar-refractivity contribution in [3.8, 4) is 0 Å². The van der Waals surface area contributed by atoms with Crippen molar-refractivity contribution in [2.45, 2.75) is 20.0 Å². The van der Waals surface area contributed by atoms with E-state index in [1.807, 2.05) is 11.8 Å². The van der Waals surface area contributed by atoms with Crippen molar-refractivity contribution >= 4 is 41.5 Å². The molecule has 1 aliphatic rings. The number of carbonyl (C=O) groups excluding carboxylic acids is 1. The van der Waals surface area contributed by atoms with Crippen molar-refractivity contribution < 1.29 is 13.6 Å². The van der Waals surface area contributed by atoms with Gasteiger partial charge in [-0.05, 0) is 6.92 Å². The van der Waals surface area contributed by atoms with E-state index in [1.54, 1.807) is 29.0 Å². The molecule has 3 heterocycles. The Morgan fingerprint density at radius 1 is 1.39 bits per heavy atom. The quantitative estimate of drug-likeness (QED) is 0.376. The minimum atomic E-state index is -2.66. The highest BCUT2D eigenvalue weighted by atomic mass is 127. The fourth-order valence-electron chi connectivity index (χ4n) is 2.89. The second kappa shape index (κ2) is 9.80. The molecular weight excluding hydrogens is 485 g/mol. The van der Waals surface area contributed by atoms with Gasteiger partial charge in [-0.2, -0.15) is 13.9 Å². The lowest BCUT2D eigenvalue weighted by Gasteiger charge is -2.35. The van der Waals surface area contributed by atoms with Crippen LogP contribution in [0.3, 0.4) is 0 Å². The first kappa shape index (κ1) is 22.0. The third-order valence-corrected chi connectivity index (χ3v) is 4.19. The molecule has 1 aliphatic heterocycles. The van der Waals surface area contributed by atoms with Gasteiger partial charge in [0.25, 0.3) is 0 Å². The van der Waals surface area contributed by atoms with E-state index < -0.39 is 6.55 Å². The molecule has 0 radical (unpaired) electrons. The third-order valence-electron chi connectivity index (χ3n) is 4.19. The molecule has 0 atom stereocenters. The summed E-state index contributed by atoms with van der Waals surface area (Å²) in [5.41, 5.74) is 0.753. The van der Waals surface area contributed by atoms with Gasteiger partial charge in [-0.25, -0.2) is 9.98 Å². The Kier molecular flexibility index (Phi) is 7.71. The highest BCUT2D eigenvalue weighted by molar-refractivity contribution is 14.0. The maximum Gasteiger partial charge on any atom is 0.319 e. The van der Waals surface area contributed by atoms with E-state index in [0.717, 1.165) is 10.3 Å². The van der Waals surface area contributed by atoms with Crippen LogP contribution < -0.4 is 10.2 Å². The summed E-state index contributed by atoms with van der Waals surface area (Å²) in [6, 6.07) is 0. The summed E-state index contributed by atoms with van der Waals surface area (Å²) < 4.78 is 28.3. The van der Waals surface area contributed by atoms with Gasteiger partial charge in [-0.3, -0.25) is 14.0 Å². The molecule has 0 spiro atoms. The maximum absolute atomic E-state index is 12.9. The maximum atomic E-state index is 12.9. The number of nitrogens with one attached hydrogen (secondary N) is 1. The van der Waals surface area contributed by atoms with Crippen LogP contribution in [0.2, 0.25) is 0 Å². The number of rotatable bonds is 5. The first-order valence-corrected chi connectivity index (χ1v) is 8.61. The standard InChI is InChI=1S/C16H22F2N8O.HI/c1-3-19-16(21-9-13-20-4-5-26(13)15(17)18)24-6-7-25(14(27)11-24)12-8-22-23(2)10-12;/h4-5,8,10,15H,3,6-7,9,11H2,1-2H3,(H,19,21);1H. The number of anilines is 1. The number of carbonyl (C=O) groups is 1. The van der Waals surface area contributed by atoms with Crippen LogP contribution in [0.1, 0.15) is 19.3 Å². The van der Waals surface area contributed by atoms with Crippen LogP contribution in [0.5, 0.6) is 0 Å². The second-order valence-corrected chi connectivity index (χ2v) is 6.04. The Morgan fingerprint density at radius 3 is 2.79 bits per heavy atom. The predicted octanol–water partition coefficient (Wildman–Crippen LogP) is 1.44. The summed E-state index contributed by atoms with van der Waals surface area (Å²) in [4.78, 5) is 24.4. The molecule has 0 saturated carbocycles. The lowest BCUT2D eigenvalue weighted by molar-refractivity contribution is -0.120. The fraction of sp³-hybridized carbons (Fsp3) is 0.500. The SMILES string of the molecule is CCNC(=NCc1nccn1C(F)F)N1CCN(c2cnn(C)c2)C(=O)C1.I. The van der Waals surface area contributed by atoms with E-state index in [-0.39, 0.29) is 48.8 Å². The first-order chi connectivity index (χ1) is 13.0. The van der Waals surface area contributed by atoms with Crippen LogP contribution >= 0.6 is 24.0 Å². The van der Waals surface area contributed by atoms with Gasteiger partial charge in [-0.1, -0.05) is 0 Å². The fourth-order valence-corrected chi connectivity index (χ4v) is 2.89. The molecule has 1 saturated heterocycles. The average molecular weight is 508 g/mol. The van der Waals surface area contributed by atoms with Crippen molar-refractivity contribution in [2.75, 3.05) is 31.1 Å². The lowest BCUT2D eigenvalue weighted by Crippen LogP contribution is -2.55. The number of hydrogen-bond acceptors (Lipinski definition) is 4. The molecule has 0 unspecified atom stereocenters. The average Bonchev–Trinajstić information content (AvgIpc) is 3.27. The summed E-state index contributed by atoms with van der Waals surface area (Å²) >= 11 is 0. The van der Waals surface area contributed by atoms with Crippen molar-refractivity contribution in [2.24, 2.45) is 12.0 Å². The summed E-state index contributed by atoms with van der Waals surface area (Å²) in [5, 5.41) is 7.20. The molecule has 3 rings (SSSR count). The van der Waals surface area contributed by atoms with Gasteiger partial charge in [0.15, 0.2) is 5.96 Å². The van der Waals surface area contributed by atoms with Crippen LogP contribution in [0.25, 0.3) is 0 Å². The Labute approximate surface area is 178 Å². The number of alkyl halides is 2. The Hall–Kier alpha value is -2.25. The van der Waals surface area contributed by atoms with E-state index in [0.29, 0.717) is 25.6 Å². The molecule has 0 aromatic carbocycles. The number of amides is 1. The summed E-state index contributed by atoms with van der Waals surface area (Å²) in [5.74, 6) is 0.593. The Morgan fingerprint density at radius 2 is 2.18 bits per heavy atom. The van der Waals surface area contributed by atoms with Crippen LogP contribution in [0.4, 0.5) is 14.5 Å². The first-order valence-electron chi connectivity index (χ1n) is 8.61. The van der Waals surface area contributed by atoms with E-state index in [1.165, 1.54) is 12.4 Å². The zero-order valence-electron chi connectivity index (χ0n) is 15.6. The topological polar surface area (TPSA) is 83.6 Å². The number of piperazine rings is 1. The van der Waals surface area contributed by atoms with Gasteiger partial charge >= 0.3 is 6.55 Å². The number of aliphatic imine (C=N–C) groups is 1. The van der Waals surface area contributed by atoms with Gasteiger partial charge in [0.2, 0.25) is 5.91 Å². The highest BCUT2D eigenvalue weighted by Crippen LogP contribution is 2.17. The van der Waals surface area contributed by atoms with Crippen LogP contribution in [0.15, 0.2) is 29.8 Å². The molecule has 2 aromatic rings. The van der Waals surface area contributed by atoms with Crippen LogP contribution in [-0.4, -0.2) is 62.3 Å². The minimum absolute atomic E-state index is 0. The van der Waals surface area contributed by atoms with Crippen LogP contribution in [-0.2, 0) is 18.4 Å². The predicted molar refractivity (Wildman–Crippen MR) is 111 cm³/mol. The van der Waals surface area contributed by atoms with Gasteiger partial charge in [-0.15, -0.1) is 24.0 Å². The molecule has 0 bridgehead atoms. The number of hydrogen-bond donors (Lipinski definition) is 1. The number of aromatic nitrogens is 4. The van der Waals surface area contributed by atoms with Crippen molar-refractivity contribution in [3.63, 3.8) is 0 Å². The minimum Gasteiger partial charge on any atom is -0.356 e. The number of halogens is 3. The third kappa shape index (κ3) is 4.97. The number of aryl methyl sites for hydroxylation is 1. The van der Waals surface area contributed by atoms with E-state index in [4.69, 9.17) is 0 Å². The van der Waals surface area contributed by atoms with E-state index >= 15 is 0 Å².